The molecule has 2 aromatic rings. The number of nitrogens with zero attached hydrogens (tertiary/aromatic N) is 3. The second kappa shape index (κ2) is 6.56. The Balaban J connectivity index is 1.68. The summed E-state index contributed by atoms with van der Waals surface area (Å²) >= 11 is 9.53. The molecule has 24 heavy (non-hydrogen) atoms. The van der Waals surface area contributed by atoms with E-state index in [4.69, 9.17) is 16.3 Å². The molecule has 1 aliphatic rings. The van der Waals surface area contributed by atoms with Crippen LogP contribution in [0.1, 0.15) is 27.2 Å². The molecule has 0 bridgehead atoms. The first-order valence-electron chi connectivity index (χ1n) is 8.01. The number of halogens is 2. The predicted octanol–water partition coefficient (Wildman–Crippen LogP) is 4.71. The van der Waals surface area contributed by atoms with Crippen LogP contribution in [0.25, 0.3) is 10.9 Å². The lowest BCUT2D eigenvalue weighted by atomic mass is 10.1. The number of fused-ring (bicyclic) bond motifs is 1. The van der Waals surface area contributed by atoms with Crippen molar-refractivity contribution in [3.63, 3.8) is 0 Å². The zero-order valence-corrected chi connectivity index (χ0v) is 16.4. The quantitative estimate of drug-likeness (QED) is 0.669. The SMILES string of the molecule is CC(C)(C)OC(=O)N1CC[C@@H](Cn2ccc3c(Br)c(Cl)ncc32)C1. The van der Waals surface area contributed by atoms with Crippen LogP contribution in [0.4, 0.5) is 4.79 Å². The van der Waals surface area contributed by atoms with Crippen molar-refractivity contribution in [2.45, 2.75) is 39.3 Å². The summed E-state index contributed by atoms with van der Waals surface area (Å²) in [5.41, 5.74) is 0.588. The van der Waals surface area contributed by atoms with Crippen LogP contribution in [0.15, 0.2) is 22.9 Å². The van der Waals surface area contributed by atoms with E-state index >= 15 is 0 Å². The summed E-state index contributed by atoms with van der Waals surface area (Å²) in [6.45, 7) is 7.98. The summed E-state index contributed by atoms with van der Waals surface area (Å²) in [7, 11) is 0. The highest BCUT2D eigenvalue weighted by Crippen LogP contribution is 2.31. The number of hydrogen-bond acceptors (Lipinski definition) is 3. The Hall–Kier alpha value is -1.27. The maximum atomic E-state index is 12.2. The molecule has 1 aliphatic heterocycles. The van der Waals surface area contributed by atoms with Gasteiger partial charge in [-0.25, -0.2) is 9.78 Å². The summed E-state index contributed by atoms with van der Waals surface area (Å²) in [5, 5.41) is 1.52. The van der Waals surface area contributed by atoms with Crippen molar-refractivity contribution in [1.29, 1.82) is 0 Å². The highest BCUT2D eigenvalue weighted by Gasteiger charge is 2.30. The van der Waals surface area contributed by atoms with Crippen LogP contribution >= 0.6 is 27.5 Å². The lowest BCUT2D eigenvalue weighted by molar-refractivity contribution is 0.0287. The molecular weight excluding hydrogens is 394 g/mol. The van der Waals surface area contributed by atoms with Gasteiger partial charge in [-0.1, -0.05) is 11.6 Å². The van der Waals surface area contributed by atoms with Crippen molar-refractivity contribution in [3.8, 4) is 0 Å². The molecule has 2 aromatic heterocycles. The number of hydrogen-bond donors (Lipinski definition) is 0. The van der Waals surface area contributed by atoms with Crippen molar-refractivity contribution >= 4 is 44.5 Å². The van der Waals surface area contributed by atoms with E-state index in [0.717, 1.165) is 41.4 Å². The van der Waals surface area contributed by atoms with Crippen LogP contribution in [0, 0.1) is 5.92 Å². The third-order valence-corrected chi connectivity index (χ3v) is 5.43. The molecule has 0 spiro atoms. The molecule has 1 atom stereocenters. The van der Waals surface area contributed by atoms with Gasteiger partial charge < -0.3 is 14.2 Å². The Bertz CT molecular complexity index is 769. The van der Waals surface area contributed by atoms with Gasteiger partial charge >= 0.3 is 6.09 Å². The minimum Gasteiger partial charge on any atom is -0.444 e. The minimum atomic E-state index is -0.455. The Kier molecular flexibility index (Phi) is 4.80. The molecule has 0 radical (unpaired) electrons. The summed E-state index contributed by atoms with van der Waals surface area (Å²) in [4.78, 5) is 18.2. The molecule has 3 rings (SSSR count). The standard InChI is InChI=1S/C17H21BrClN3O2/c1-17(2,3)24-16(23)22-6-4-11(10-22)9-21-7-5-12-13(21)8-20-15(19)14(12)18/h5,7-8,11H,4,6,9-10H2,1-3H3/t11-/m0/s1. The number of pyridine rings is 1. The van der Waals surface area contributed by atoms with Gasteiger partial charge in [0, 0.05) is 31.2 Å². The van der Waals surface area contributed by atoms with Gasteiger partial charge in [-0.2, -0.15) is 0 Å². The van der Waals surface area contributed by atoms with Crippen LogP contribution in [0.2, 0.25) is 5.15 Å². The fourth-order valence-corrected chi connectivity index (χ4v) is 3.60. The molecule has 1 amide bonds. The molecule has 7 heteroatoms. The van der Waals surface area contributed by atoms with Crippen LogP contribution in [0.3, 0.4) is 0 Å². The van der Waals surface area contributed by atoms with Gasteiger partial charge in [0.2, 0.25) is 0 Å². The average molecular weight is 415 g/mol. The maximum absolute atomic E-state index is 12.2. The van der Waals surface area contributed by atoms with Crippen LogP contribution in [0.5, 0.6) is 0 Å². The van der Waals surface area contributed by atoms with Crippen molar-refractivity contribution in [2.75, 3.05) is 13.1 Å². The van der Waals surface area contributed by atoms with E-state index in [9.17, 15) is 4.79 Å². The number of carbonyl (C=O) groups excluding carboxylic acids is 1. The van der Waals surface area contributed by atoms with Crippen molar-refractivity contribution in [3.05, 3.63) is 28.1 Å². The first-order chi connectivity index (χ1) is 11.2. The van der Waals surface area contributed by atoms with Crippen LogP contribution in [-0.2, 0) is 11.3 Å². The van der Waals surface area contributed by atoms with E-state index in [-0.39, 0.29) is 6.09 Å². The molecule has 1 fully saturated rings. The summed E-state index contributed by atoms with van der Waals surface area (Å²) in [6.07, 6.45) is 4.59. The summed E-state index contributed by atoms with van der Waals surface area (Å²) in [6, 6.07) is 2.04. The van der Waals surface area contributed by atoms with E-state index in [1.54, 1.807) is 11.1 Å². The smallest absolute Gasteiger partial charge is 0.410 e. The molecule has 0 N–H and O–H groups in total. The van der Waals surface area contributed by atoms with Gasteiger partial charge in [0.15, 0.2) is 0 Å². The van der Waals surface area contributed by atoms with E-state index < -0.39 is 5.60 Å². The molecule has 0 saturated carbocycles. The van der Waals surface area contributed by atoms with E-state index in [2.05, 4.69) is 25.5 Å². The topological polar surface area (TPSA) is 47.4 Å². The second-order valence-electron chi connectivity index (χ2n) is 7.21. The number of rotatable bonds is 2. The number of amides is 1. The Morgan fingerprint density at radius 3 is 2.96 bits per heavy atom. The number of carbonyl (C=O) groups is 1. The van der Waals surface area contributed by atoms with E-state index in [0.29, 0.717) is 11.1 Å². The Morgan fingerprint density at radius 1 is 1.50 bits per heavy atom. The maximum Gasteiger partial charge on any atom is 0.410 e. The molecular formula is C17H21BrClN3O2. The molecule has 1 saturated heterocycles. The summed E-state index contributed by atoms with van der Waals surface area (Å²) in [5.74, 6) is 0.405. The van der Waals surface area contributed by atoms with Crippen LogP contribution in [-0.4, -0.2) is 39.2 Å². The Labute approximate surface area is 155 Å². The molecule has 3 heterocycles. The average Bonchev–Trinajstić information content (AvgIpc) is 3.09. The Morgan fingerprint density at radius 2 is 2.25 bits per heavy atom. The molecule has 0 aliphatic carbocycles. The fraction of sp³-hybridized carbons (Fsp3) is 0.529. The second-order valence-corrected chi connectivity index (χ2v) is 8.36. The molecule has 5 nitrogen and oxygen atoms in total. The first kappa shape index (κ1) is 17.5. The largest absolute Gasteiger partial charge is 0.444 e. The number of ether oxygens (including phenoxy) is 1. The van der Waals surface area contributed by atoms with Gasteiger partial charge in [0.25, 0.3) is 0 Å². The zero-order chi connectivity index (χ0) is 17.5. The van der Waals surface area contributed by atoms with Crippen molar-refractivity contribution in [1.82, 2.24) is 14.5 Å². The highest BCUT2D eigenvalue weighted by molar-refractivity contribution is 9.10. The normalized spacial score (nSPS) is 18.4. The van der Waals surface area contributed by atoms with E-state index in [1.807, 2.05) is 33.0 Å². The van der Waals surface area contributed by atoms with Gasteiger partial charge in [0.05, 0.1) is 16.2 Å². The molecule has 0 aromatic carbocycles. The fourth-order valence-electron chi connectivity index (χ4n) is 3.01. The lowest BCUT2D eigenvalue weighted by Crippen LogP contribution is -2.35. The van der Waals surface area contributed by atoms with E-state index in [1.165, 1.54) is 0 Å². The predicted molar refractivity (Wildman–Crippen MR) is 98.4 cm³/mol. The first-order valence-corrected chi connectivity index (χ1v) is 9.18. The van der Waals surface area contributed by atoms with Crippen molar-refractivity contribution in [2.24, 2.45) is 5.92 Å². The van der Waals surface area contributed by atoms with Gasteiger partial charge in [-0.15, -0.1) is 0 Å². The third kappa shape index (κ3) is 3.70. The zero-order valence-electron chi connectivity index (χ0n) is 14.1. The summed E-state index contributed by atoms with van der Waals surface area (Å²) < 4.78 is 8.45. The van der Waals surface area contributed by atoms with Gasteiger partial charge in [-0.3, -0.25) is 0 Å². The highest BCUT2D eigenvalue weighted by atomic mass is 79.9. The molecule has 0 unspecified atom stereocenters. The van der Waals surface area contributed by atoms with Crippen LogP contribution < -0.4 is 0 Å². The number of aromatic nitrogens is 2. The van der Waals surface area contributed by atoms with Gasteiger partial charge in [0.1, 0.15) is 10.8 Å². The van der Waals surface area contributed by atoms with Gasteiger partial charge in [-0.05, 0) is 55.1 Å². The molecule has 130 valence electrons. The number of likely N-dealkylation sites (tertiary alicyclic amines) is 1. The van der Waals surface area contributed by atoms with Crippen molar-refractivity contribution < 1.29 is 9.53 Å². The third-order valence-electron chi connectivity index (χ3n) is 4.12. The monoisotopic (exact) mass is 413 g/mol. The minimum absolute atomic E-state index is 0.224. The lowest BCUT2D eigenvalue weighted by Gasteiger charge is -2.24.